The number of hydrogen-bond acceptors (Lipinski definition) is 4. The summed E-state index contributed by atoms with van der Waals surface area (Å²) in [6.45, 7) is 11.8. The van der Waals surface area contributed by atoms with Gasteiger partial charge >= 0.3 is 0 Å². The molecular formula is C12H26N2OS. The standard InChI is InChI=1S/C12H26N2OS/c1-10(2)8-14-6-7-15-12(9-14)4-5-13-11(3)16/h10-13,16H,4-9H2,1-3H3/t11?,12-/m1/s1. The number of thiol groups is 1. The molecule has 0 saturated carbocycles. The molecule has 2 atom stereocenters. The molecule has 4 heteroatoms. The van der Waals surface area contributed by atoms with E-state index in [0.29, 0.717) is 6.10 Å². The van der Waals surface area contributed by atoms with Crippen molar-refractivity contribution in [3.05, 3.63) is 0 Å². The predicted octanol–water partition coefficient (Wildman–Crippen LogP) is 1.60. The van der Waals surface area contributed by atoms with E-state index in [-0.39, 0.29) is 5.37 Å². The fourth-order valence-corrected chi connectivity index (χ4v) is 2.22. The summed E-state index contributed by atoms with van der Waals surface area (Å²) < 4.78 is 5.76. The third kappa shape index (κ3) is 6.09. The Morgan fingerprint density at radius 2 is 2.19 bits per heavy atom. The van der Waals surface area contributed by atoms with Gasteiger partial charge in [-0.2, -0.15) is 12.6 Å². The zero-order valence-corrected chi connectivity index (χ0v) is 11.7. The highest BCUT2D eigenvalue weighted by Gasteiger charge is 2.20. The van der Waals surface area contributed by atoms with E-state index in [9.17, 15) is 0 Å². The van der Waals surface area contributed by atoms with Crippen molar-refractivity contribution in [3.8, 4) is 0 Å². The second kappa shape index (κ2) is 7.54. The van der Waals surface area contributed by atoms with Crippen LogP contribution in [0.5, 0.6) is 0 Å². The molecular weight excluding hydrogens is 220 g/mol. The Labute approximate surface area is 105 Å². The molecule has 0 aliphatic carbocycles. The van der Waals surface area contributed by atoms with Crippen molar-refractivity contribution in [3.63, 3.8) is 0 Å². The second-order valence-corrected chi connectivity index (χ2v) is 5.84. The Morgan fingerprint density at radius 1 is 1.44 bits per heavy atom. The summed E-state index contributed by atoms with van der Waals surface area (Å²) in [5.74, 6) is 0.745. The zero-order chi connectivity index (χ0) is 12.0. The summed E-state index contributed by atoms with van der Waals surface area (Å²) in [5.41, 5.74) is 0. The van der Waals surface area contributed by atoms with E-state index >= 15 is 0 Å². The second-order valence-electron chi connectivity index (χ2n) is 5.06. The Balaban J connectivity index is 2.17. The van der Waals surface area contributed by atoms with Gasteiger partial charge in [-0.05, 0) is 25.8 Å². The number of hydrogen-bond donors (Lipinski definition) is 2. The maximum absolute atomic E-state index is 5.76. The van der Waals surface area contributed by atoms with Crippen LogP contribution in [0.1, 0.15) is 27.2 Å². The van der Waals surface area contributed by atoms with Crippen LogP contribution in [0.15, 0.2) is 0 Å². The van der Waals surface area contributed by atoms with Crippen molar-refractivity contribution in [2.24, 2.45) is 5.92 Å². The third-order valence-electron chi connectivity index (χ3n) is 2.75. The number of rotatable bonds is 6. The molecule has 3 nitrogen and oxygen atoms in total. The van der Waals surface area contributed by atoms with Crippen molar-refractivity contribution >= 4 is 12.6 Å². The number of morpholine rings is 1. The highest BCUT2D eigenvalue weighted by molar-refractivity contribution is 7.80. The highest BCUT2D eigenvalue weighted by Crippen LogP contribution is 2.10. The Kier molecular flexibility index (Phi) is 6.73. The third-order valence-corrected chi connectivity index (χ3v) is 2.93. The molecule has 0 radical (unpaired) electrons. The molecule has 0 aromatic carbocycles. The molecule has 1 aliphatic heterocycles. The van der Waals surface area contributed by atoms with Gasteiger partial charge in [0.25, 0.3) is 0 Å². The van der Waals surface area contributed by atoms with Crippen LogP contribution in [0.2, 0.25) is 0 Å². The predicted molar refractivity (Wildman–Crippen MR) is 72.1 cm³/mol. The minimum absolute atomic E-state index is 0.273. The van der Waals surface area contributed by atoms with Crippen molar-refractivity contribution in [2.75, 3.05) is 32.8 Å². The van der Waals surface area contributed by atoms with Crippen molar-refractivity contribution in [1.82, 2.24) is 10.2 Å². The van der Waals surface area contributed by atoms with E-state index in [2.05, 4.69) is 43.6 Å². The topological polar surface area (TPSA) is 24.5 Å². The van der Waals surface area contributed by atoms with Gasteiger partial charge in [0.1, 0.15) is 0 Å². The molecule has 0 bridgehead atoms. The molecule has 1 N–H and O–H groups in total. The molecule has 1 aliphatic rings. The van der Waals surface area contributed by atoms with Gasteiger partial charge in [0, 0.05) is 25.0 Å². The lowest BCUT2D eigenvalue weighted by molar-refractivity contribution is -0.0346. The number of ether oxygens (including phenoxy) is 1. The monoisotopic (exact) mass is 246 g/mol. The van der Waals surface area contributed by atoms with Gasteiger partial charge < -0.3 is 10.1 Å². The van der Waals surface area contributed by atoms with Crippen LogP contribution in [0.3, 0.4) is 0 Å². The van der Waals surface area contributed by atoms with E-state index in [1.807, 2.05) is 0 Å². The largest absolute Gasteiger partial charge is 0.376 e. The van der Waals surface area contributed by atoms with Crippen molar-refractivity contribution < 1.29 is 4.74 Å². The summed E-state index contributed by atoms with van der Waals surface area (Å²) in [6, 6.07) is 0. The smallest absolute Gasteiger partial charge is 0.0714 e. The molecule has 0 spiro atoms. The number of nitrogens with zero attached hydrogens (tertiary/aromatic N) is 1. The van der Waals surface area contributed by atoms with Crippen LogP contribution in [-0.2, 0) is 4.74 Å². The Hall–Kier alpha value is 0.230. The van der Waals surface area contributed by atoms with E-state index in [4.69, 9.17) is 4.74 Å². The molecule has 96 valence electrons. The van der Waals surface area contributed by atoms with Crippen LogP contribution in [0.25, 0.3) is 0 Å². The summed E-state index contributed by atoms with van der Waals surface area (Å²) in [7, 11) is 0. The molecule has 1 heterocycles. The van der Waals surface area contributed by atoms with Gasteiger partial charge in [0.15, 0.2) is 0 Å². The lowest BCUT2D eigenvalue weighted by Gasteiger charge is -2.34. The summed E-state index contributed by atoms with van der Waals surface area (Å²) >= 11 is 4.30. The first kappa shape index (κ1) is 14.3. The minimum Gasteiger partial charge on any atom is -0.376 e. The van der Waals surface area contributed by atoms with Gasteiger partial charge in [-0.25, -0.2) is 0 Å². The fourth-order valence-electron chi connectivity index (χ4n) is 2.09. The molecule has 1 fully saturated rings. The Bertz CT molecular complexity index is 188. The Morgan fingerprint density at radius 3 is 2.81 bits per heavy atom. The first-order chi connectivity index (χ1) is 7.58. The van der Waals surface area contributed by atoms with E-state index in [1.54, 1.807) is 0 Å². The highest BCUT2D eigenvalue weighted by atomic mass is 32.1. The quantitative estimate of drug-likeness (QED) is 0.550. The van der Waals surface area contributed by atoms with Crippen LogP contribution in [0, 0.1) is 5.92 Å². The molecule has 16 heavy (non-hydrogen) atoms. The first-order valence-electron chi connectivity index (χ1n) is 6.33. The van der Waals surface area contributed by atoms with Crippen LogP contribution < -0.4 is 5.32 Å². The minimum atomic E-state index is 0.273. The van der Waals surface area contributed by atoms with E-state index < -0.39 is 0 Å². The normalized spacial score (nSPS) is 24.9. The molecule has 1 saturated heterocycles. The van der Waals surface area contributed by atoms with Crippen LogP contribution in [-0.4, -0.2) is 49.2 Å². The average molecular weight is 246 g/mol. The maximum atomic E-state index is 5.76. The average Bonchev–Trinajstić information content (AvgIpc) is 2.16. The van der Waals surface area contributed by atoms with Crippen molar-refractivity contribution in [1.29, 1.82) is 0 Å². The van der Waals surface area contributed by atoms with E-state index in [1.165, 1.54) is 6.54 Å². The van der Waals surface area contributed by atoms with Crippen LogP contribution >= 0.6 is 12.6 Å². The lowest BCUT2D eigenvalue weighted by Crippen LogP contribution is -2.44. The lowest BCUT2D eigenvalue weighted by atomic mass is 10.1. The fraction of sp³-hybridized carbons (Fsp3) is 1.00. The van der Waals surface area contributed by atoms with Gasteiger partial charge in [-0.15, -0.1) is 0 Å². The molecule has 0 amide bonds. The first-order valence-corrected chi connectivity index (χ1v) is 6.85. The van der Waals surface area contributed by atoms with Crippen LogP contribution in [0.4, 0.5) is 0 Å². The molecule has 1 unspecified atom stereocenters. The zero-order valence-electron chi connectivity index (χ0n) is 10.8. The molecule has 0 aromatic heterocycles. The summed E-state index contributed by atoms with van der Waals surface area (Å²) in [5, 5.41) is 3.59. The van der Waals surface area contributed by atoms with Gasteiger partial charge in [-0.1, -0.05) is 13.8 Å². The summed E-state index contributed by atoms with van der Waals surface area (Å²) in [4.78, 5) is 2.52. The summed E-state index contributed by atoms with van der Waals surface area (Å²) in [6.07, 6.45) is 1.48. The number of nitrogens with one attached hydrogen (secondary N) is 1. The molecule has 1 rings (SSSR count). The maximum Gasteiger partial charge on any atom is 0.0714 e. The van der Waals surface area contributed by atoms with Gasteiger partial charge in [0.2, 0.25) is 0 Å². The SMILES string of the molecule is CC(C)CN1CCO[C@H](CCNC(C)S)C1. The van der Waals surface area contributed by atoms with Gasteiger partial charge in [-0.3, -0.25) is 4.90 Å². The van der Waals surface area contributed by atoms with E-state index in [0.717, 1.165) is 38.6 Å². The molecule has 0 aromatic rings. The van der Waals surface area contributed by atoms with Gasteiger partial charge in [0.05, 0.1) is 12.7 Å². The van der Waals surface area contributed by atoms with Crippen molar-refractivity contribution in [2.45, 2.75) is 38.7 Å².